The van der Waals surface area contributed by atoms with Gasteiger partial charge in [0.05, 0.1) is 12.5 Å². The van der Waals surface area contributed by atoms with Crippen LogP contribution >= 0.6 is 11.6 Å². The zero-order valence-electron chi connectivity index (χ0n) is 18.0. The molecule has 0 aliphatic rings. The third-order valence-corrected chi connectivity index (χ3v) is 5.76. The number of nitrogens with zero attached hydrogens (tertiary/aromatic N) is 3. The minimum absolute atomic E-state index is 0.113. The predicted molar refractivity (Wildman–Crippen MR) is 122 cm³/mol. The quantitative estimate of drug-likeness (QED) is 0.477. The van der Waals surface area contributed by atoms with Crippen LogP contribution in [0.15, 0.2) is 51.8 Å². The summed E-state index contributed by atoms with van der Waals surface area (Å²) in [6.07, 6.45) is 0. The fourth-order valence-electron chi connectivity index (χ4n) is 3.41. The van der Waals surface area contributed by atoms with E-state index in [0.717, 1.165) is 15.8 Å². The highest BCUT2D eigenvalue weighted by Crippen LogP contribution is 2.29. The van der Waals surface area contributed by atoms with Gasteiger partial charge in [0.15, 0.2) is 5.52 Å². The van der Waals surface area contributed by atoms with Crippen molar-refractivity contribution in [3.8, 4) is 17.0 Å². The molecule has 9 heteroatoms. The molecule has 2 aromatic heterocycles. The number of hydrogen-bond donors (Lipinski definition) is 1. The highest BCUT2D eigenvalue weighted by molar-refractivity contribution is 6.31. The minimum Gasteiger partial charge on any atom is -0.497 e. The number of nitrogens with one attached hydrogen (secondary N) is 1. The Morgan fingerprint density at radius 1 is 1.19 bits per heavy atom. The molecule has 2 aromatic carbocycles. The van der Waals surface area contributed by atoms with Gasteiger partial charge in [-0.25, -0.2) is 4.68 Å². The third kappa shape index (κ3) is 3.73. The van der Waals surface area contributed by atoms with E-state index in [4.69, 9.17) is 20.9 Å². The van der Waals surface area contributed by atoms with E-state index in [1.54, 1.807) is 58.2 Å². The number of amides is 1. The number of carbonyl (C=O) groups excluding carboxylic acids is 1. The molecule has 0 aliphatic heterocycles. The van der Waals surface area contributed by atoms with Crippen molar-refractivity contribution in [2.24, 2.45) is 0 Å². The van der Waals surface area contributed by atoms with Crippen molar-refractivity contribution in [3.63, 3.8) is 0 Å². The van der Waals surface area contributed by atoms with Crippen molar-refractivity contribution in [1.82, 2.24) is 14.9 Å². The third-order valence-electron chi connectivity index (χ3n) is 5.35. The molecular formula is C23H21ClN4O4. The van der Waals surface area contributed by atoms with Gasteiger partial charge in [-0.05, 0) is 62.7 Å². The summed E-state index contributed by atoms with van der Waals surface area (Å²) in [6, 6.07) is 11.5. The molecule has 0 bridgehead atoms. The van der Waals surface area contributed by atoms with E-state index in [9.17, 15) is 9.59 Å². The smallest absolute Gasteiger partial charge is 0.297 e. The molecular weight excluding hydrogens is 432 g/mol. The Kier molecular flexibility index (Phi) is 5.71. The van der Waals surface area contributed by atoms with Crippen LogP contribution in [0.25, 0.3) is 22.2 Å². The second kappa shape index (κ2) is 8.47. The van der Waals surface area contributed by atoms with E-state index >= 15 is 0 Å². The summed E-state index contributed by atoms with van der Waals surface area (Å²) in [5, 5.41) is 12.3. The standard InChI is InChI=1S/C23H21ClN4O4/c1-12-17(24)6-5-7-18(12)25-22(29)13(2)28-23(30)21-19(14(3)32-27-21)20(26-28)15-8-10-16(31-4)11-9-15/h5-11,13H,1-4H3,(H,25,29)/t13-/m1/s1. The van der Waals surface area contributed by atoms with Crippen LogP contribution in [-0.2, 0) is 4.79 Å². The Hall–Kier alpha value is -3.65. The monoisotopic (exact) mass is 452 g/mol. The molecule has 0 spiro atoms. The lowest BCUT2D eigenvalue weighted by Crippen LogP contribution is -2.34. The van der Waals surface area contributed by atoms with Gasteiger partial charge < -0.3 is 14.6 Å². The van der Waals surface area contributed by atoms with Gasteiger partial charge in [0.25, 0.3) is 5.56 Å². The number of benzene rings is 2. The van der Waals surface area contributed by atoms with Gasteiger partial charge in [-0.1, -0.05) is 22.8 Å². The fourth-order valence-corrected chi connectivity index (χ4v) is 3.59. The number of hydrogen-bond acceptors (Lipinski definition) is 6. The van der Waals surface area contributed by atoms with Crippen molar-refractivity contribution >= 4 is 34.1 Å². The van der Waals surface area contributed by atoms with Gasteiger partial charge in [-0.2, -0.15) is 5.10 Å². The van der Waals surface area contributed by atoms with Crippen molar-refractivity contribution in [2.45, 2.75) is 26.8 Å². The van der Waals surface area contributed by atoms with Crippen LogP contribution in [0.2, 0.25) is 5.02 Å². The molecule has 4 rings (SSSR count). The van der Waals surface area contributed by atoms with Crippen molar-refractivity contribution in [2.75, 3.05) is 12.4 Å². The lowest BCUT2D eigenvalue weighted by molar-refractivity contribution is -0.119. The number of methoxy groups -OCH3 is 1. The van der Waals surface area contributed by atoms with Gasteiger partial charge in [0, 0.05) is 16.3 Å². The largest absolute Gasteiger partial charge is 0.497 e. The summed E-state index contributed by atoms with van der Waals surface area (Å²) < 4.78 is 11.6. The van der Waals surface area contributed by atoms with Crippen LogP contribution < -0.4 is 15.6 Å². The van der Waals surface area contributed by atoms with Gasteiger partial charge >= 0.3 is 0 Å². The van der Waals surface area contributed by atoms with E-state index in [1.165, 1.54) is 0 Å². The lowest BCUT2D eigenvalue weighted by Gasteiger charge is -2.17. The maximum absolute atomic E-state index is 13.1. The molecule has 4 aromatic rings. The SMILES string of the molecule is COc1ccc(-c2nn([C@H](C)C(=O)Nc3cccc(Cl)c3C)c(=O)c3noc(C)c23)cc1. The molecule has 0 unspecified atom stereocenters. The first kappa shape index (κ1) is 21.6. The normalized spacial score (nSPS) is 12.0. The van der Waals surface area contributed by atoms with E-state index in [2.05, 4.69) is 15.6 Å². The molecule has 0 saturated carbocycles. The maximum Gasteiger partial charge on any atom is 0.297 e. The topological polar surface area (TPSA) is 99.2 Å². The Balaban J connectivity index is 1.80. The van der Waals surface area contributed by atoms with Crippen LogP contribution in [0.1, 0.15) is 24.3 Å². The van der Waals surface area contributed by atoms with E-state index < -0.39 is 17.5 Å². The molecule has 2 heterocycles. The first-order chi connectivity index (χ1) is 15.3. The molecule has 1 N–H and O–H groups in total. The number of aryl methyl sites for hydroxylation is 1. The van der Waals surface area contributed by atoms with E-state index in [-0.39, 0.29) is 5.52 Å². The number of aromatic nitrogens is 3. The van der Waals surface area contributed by atoms with Crippen molar-refractivity contribution in [3.05, 3.63) is 69.2 Å². The number of halogens is 1. The van der Waals surface area contributed by atoms with Crippen molar-refractivity contribution < 1.29 is 14.1 Å². The number of ether oxygens (including phenoxy) is 1. The molecule has 1 atom stereocenters. The lowest BCUT2D eigenvalue weighted by atomic mass is 10.1. The average Bonchev–Trinajstić information content (AvgIpc) is 3.19. The average molecular weight is 453 g/mol. The van der Waals surface area contributed by atoms with Gasteiger partial charge in [-0.3, -0.25) is 9.59 Å². The minimum atomic E-state index is -0.917. The Bertz CT molecular complexity index is 1380. The predicted octanol–water partition coefficient (Wildman–Crippen LogP) is 4.53. The molecule has 0 aliphatic carbocycles. The number of anilines is 1. The summed E-state index contributed by atoms with van der Waals surface area (Å²) >= 11 is 6.15. The van der Waals surface area contributed by atoms with Gasteiger partial charge in [-0.15, -0.1) is 0 Å². The van der Waals surface area contributed by atoms with Crippen LogP contribution in [0.4, 0.5) is 5.69 Å². The molecule has 0 fully saturated rings. The number of carbonyl (C=O) groups is 1. The summed E-state index contributed by atoms with van der Waals surface area (Å²) in [6.45, 7) is 5.12. The fraction of sp³-hybridized carbons (Fsp3) is 0.217. The van der Waals surface area contributed by atoms with Crippen LogP contribution in [0, 0.1) is 13.8 Å². The molecule has 0 radical (unpaired) electrons. The summed E-state index contributed by atoms with van der Waals surface area (Å²) in [4.78, 5) is 26.1. The van der Waals surface area contributed by atoms with Gasteiger partial charge in [0.1, 0.15) is 23.2 Å². The van der Waals surface area contributed by atoms with Crippen LogP contribution in [0.5, 0.6) is 5.75 Å². The van der Waals surface area contributed by atoms with Crippen LogP contribution in [-0.4, -0.2) is 28.0 Å². The molecule has 8 nitrogen and oxygen atoms in total. The van der Waals surface area contributed by atoms with E-state index in [0.29, 0.717) is 33.3 Å². The molecule has 164 valence electrons. The maximum atomic E-state index is 13.1. The van der Waals surface area contributed by atoms with Gasteiger partial charge in [0.2, 0.25) is 5.91 Å². The Labute approximate surface area is 188 Å². The zero-order chi connectivity index (χ0) is 23.0. The molecule has 0 saturated heterocycles. The first-order valence-corrected chi connectivity index (χ1v) is 10.3. The molecule has 1 amide bonds. The summed E-state index contributed by atoms with van der Waals surface area (Å²) in [5.41, 5.74) is 2.11. The zero-order valence-corrected chi connectivity index (χ0v) is 18.7. The van der Waals surface area contributed by atoms with Crippen molar-refractivity contribution in [1.29, 1.82) is 0 Å². The molecule has 32 heavy (non-hydrogen) atoms. The second-order valence-electron chi connectivity index (χ2n) is 7.37. The number of fused-ring (bicyclic) bond motifs is 1. The van der Waals surface area contributed by atoms with E-state index in [1.807, 2.05) is 12.1 Å². The van der Waals surface area contributed by atoms with Crippen LogP contribution in [0.3, 0.4) is 0 Å². The summed E-state index contributed by atoms with van der Waals surface area (Å²) in [7, 11) is 1.58. The Morgan fingerprint density at radius 2 is 1.91 bits per heavy atom. The highest BCUT2D eigenvalue weighted by Gasteiger charge is 2.25. The highest BCUT2D eigenvalue weighted by atomic mass is 35.5. The second-order valence-corrected chi connectivity index (χ2v) is 7.77. The first-order valence-electron chi connectivity index (χ1n) is 9.91. The number of rotatable bonds is 5. The Morgan fingerprint density at radius 3 is 2.59 bits per heavy atom. The summed E-state index contributed by atoms with van der Waals surface area (Å²) in [5.74, 6) is 0.740.